The lowest BCUT2D eigenvalue weighted by Crippen LogP contribution is -2.21. The van der Waals surface area contributed by atoms with E-state index >= 15 is 0 Å². The smallest absolute Gasteiger partial charge is 0.180 e. The molecule has 2 heteroatoms. The Hall–Kier alpha value is -0.0800. The van der Waals surface area contributed by atoms with Crippen LogP contribution in [0.4, 0.5) is 0 Å². The van der Waals surface area contributed by atoms with Crippen LogP contribution in [0.25, 0.3) is 0 Å². The van der Waals surface area contributed by atoms with E-state index < -0.39 is 0 Å². The van der Waals surface area contributed by atoms with E-state index in [0.717, 1.165) is 0 Å². The van der Waals surface area contributed by atoms with Crippen molar-refractivity contribution in [2.24, 2.45) is 10.8 Å². The molecule has 3 fully saturated rings. The molecule has 2 saturated carbocycles. The largest absolute Gasteiger partial charge is 0.343 e. The molecule has 0 N–H and O–H groups in total. The van der Waals surface area contributed by atoms with Crippen LogP contribution in [-0.4, -0.2) is 18.0 Å². The molecule has 1 saturated heterocycles. The Morgan fingerprint density at radius 3 is 1.64 bits per heavy atom. The second-order valence-corrected chi connectivity index (χ2v) is 6.11. The standard InChI is InChI=1S/C12H20O2/c1-10(2)11(3,4)12(10)13-8-6-5-7-9(8)14-12/h8-9H,5-7H2,1-4H3/t8-,9-/m0/s1. The highest BCUT2D eigenvalue weighted by Crippen LogP contribution is 2.76. The van der Waals surface area contributed by atoms with Crippen molar-refractivity contribution < 1.29 is 9.47 Å². The molecule has 0 amide bonds. The van der Waals surface area contributed by atoms with Crippen molar-refractivity contribution >= 4 is 0 Å². The lowest BCUT2D eigenvalue weighted by atomic mass is 10.0. The van der Waals surface area contributed by atoms with Crippen LogP contribution in [0.1, 0.15) is 47.0 Å². The van der Waals surface area contributed by atoms with Gasteiger partial charge < -0.3 is 9.47 Å². The molecule has 0 unspecified atom stereocenters. The van der Waals surface area contributed by atoms with Gasteiger partial charge in [0, 0.05) is 10.8 Å². The van der Waals surface area contributed by atoms with Gasteiger partial charge in [0.15, 0.2) is 5.79 Å². The maximum Gasteiger partial charge on any atom is 0.180 e. The van der Waals surface area contributed by atoms with Crippen LogP contribution in [0.15, 0.2) is 0 Å². The van der Waals surface area contributed by atoms with Crippen LogP contribution in [0.3, 0.4) is 0 Å². The molecule has 2 atom stereocenters. The van der Waals surface area contributed by atoms with Gasteiger partial charge in [0.2, 0.25) is 0 Å². The van der Waals surface area contributed by atoms with Gasteiger partial charge in [-0.15, -0.1) is 0 Å². The van der Waals surface area contributed by atoms with E-state index in [1.54, 1.807) is 0 Å². The number of rotatable bonds is 0. The first kappa shape index (κ1) is 9.17. The van der Waals surface area contributed by atoms with Crippen molar-refractivity contribution in [2.75, 3.05) is 0 Å². The highest BCUT2D eigenvalue weighted by molar-refractivity contribution is 5.24. The predicted molar refractivity (Wildman–Crippen MR) is 53.9 cm³/mol. The van der Waals surface area contributed by atoms with Gasteiger partial charge in [0.1, 0.15) is 0 Å². The highest BCUT2D eigenvalue weighted by Gasteiger charge is 2.83. The number of ether oxygens (including phenoxy) is 2. The first-order chi connectivity index (χ1) is 6.42. The minimum absolute atomic E-state index is 0.171. The lowest BCUT2D eigenvalue weighted by molar-refractivity contribution is -0.139. The van der Waals surface area contributed by atoms with E-state index in [-0.39, 0.29) is 16.6 Å². The van der Waals surface area contributed by atoms with Crippen molar-refractivity contribution in [1.29, 1.82) is 0 Å². The molecule has 3 aliphatic rings. The predicted octanol–water partition coefficient (Wildman–Crippen LogP) is 2.72. The Labute approximate surface area is 86.0 Å². The topological polar surface area (TPSA) is 18.5 Å². The molecular formula is C12H20O2. The SMILES string of the molecule is CC1(C)C(C)(C)C12O[C@H]1CCC[C@@H]1O2. The lowest BCUT2D eigenvalue weighted by Gasteiger charge is -2.15. The van der Waals surface area contributed by atoms with Crippen molar-refractivity contribution in [1.82, 2.24) is 0 Å². The number of hydrogen-bond acceptors (Lipinski definition) is 2. The Morgan fingerprint density at radius 1 is 0.857 bits per heavy atom. The zero-order chi connectivity index (χ0) is 10.2. The van der Waals surface area contributed by atoms with E-state index in [1.165, 1.54) is 19.3 Å². The van der Waals surface area contributed by atoms with E-state index in [2.05, 4.69) is 27.7 Å². The molecule has 14 heavy (non-hydrogen) atoms. The van der Waals surface area contributed by atoms with Gasteiger partial charge in [0.05, 0.1) is 12.2 Å². The van der Waals surface area contributed by atoms with Crippen LogP contribution < -0.4 is 0 Å². The molecule has 2 aliphatic carbocycles. The summed E-state index contributed by atoms with van der Waals surface area (Å²) in [6, 6.07) is 0. The van der Waals surface area contributed by atoms with Crippen LogP contribution >= 0.6 is 0 Å². The van der Waals surface area contributed by atoms with E-state index in [4.69, 9.17) is 9.47 Å². The summed E-state index contributed by atoms with van der Waals surface area (Å²) in [6.45, 7) is 9.03. The summed E-state index contributed by atoms with van der Waals surface area (Å²) in [5.41, 5.74) is 0.342. The molecule has 0 aromatic rings. The Balaban J connectivity index is 1.90. The van der Waals surface area contributed by atoms with Crippen molar-refractivity contribution in [3.8, 4) is 0 Å². The molecule has 80 valence electrons. The fourth-order valence-electron chi connectivity index (χ4n) is 3.41. The quantitative estimate of drug-likeness (QED) is 0.593. The molecule has 1 spiro atoms. The number of fused-ring (bicyclic) bond motifs is 1. The zero-order valence-corrected chi connectivity index (χ0v) is 9.59. The molecule has 0 radical (unpaired) electrons. The Bertz CT molecular complexity index is 252. The monoisotopic (exact) mass is 196 g/mol. The summed E-state index contributed by atoms with van der Waals surface area (Å²) < 4.78 is 12.4. The number of hydrogen-bond donors (Lipinski definition) is 0. The van der Waals surface area contributed by atoms with Crippen LogP contribution in [0, 0.1) is 10.8 Å². The molecule has 1 heterocycles. The molecule has 0 bridgehead atoms. The molecular weight excluding hydrogens is 176 g/mol. The summed E-state index contributed by atoms with van der Waals surface area (Å²) in [7, 11) is 0. The summed E-state index contributed by atoms with van der Waals surface area (Å²) in [6.07, 6.45) is 4.43. The minimum atomic E-state index is -0.268. The summed E-state index contributed by atoms with van der Waals surface area (Å²) in [4.78, 5) is 0. The van der Waals surface area contributed by atoms with Crippen molar-refractivity contribution in [2.45, 2.75) is 65.0 Å². The van der Waals surface area contributed by atoms with Crippen LogP contribution in [0.5, 0.6) is 0 Å². The van der Waals surface area contributed by atoms with E-state index in [1.807, 2.05) is 0 Å². The first-order valence-electron chi connectivity index (χ1n) is 5.78. The van der Waals surface area contributed by atoms with Gasteiger partial charge in [-0.1, -0.05) is 27.7 Å². The molecule has 2 nitrogen and oxygen atoms in total. The molecule has 0 aromatic carbocycles. The zero-order valence-electron chi connectivity index (χ0n) is 9.59. The average molecular weight is 196 g/mol. The summed E-state index contributed by atoms with van der Waals surface area (Å²) in [5.74, 6) is -0.268. The van der Waals surface area contributed by atoms with Gasteiger partial charge in [-0.3, -0.25) is 0 Å². The third kappa shape index (κ3) is 0.704. The van der Waals surface area contributed by atoms with Gasteiger partial charge >= 0.3 is 0 Å². The fraction of sp³-hybridized carbons (Fsp3) is 1.00. The summed E-state index contributed by atoms with van der Waals surface area (Å²) >= 11 is 0. The minimum Gasteiger partial charge on any atom is -0.343 e. The van der Waals surface area contributed by atoms with Gasteiger partial charge in [0.25, 0.3) is 0 Å². The maximum absolute atomic E-state index is 6.19. The van der Waals surface area contributed by atoms with Crippen molar-refractivity contribution in [3.05, 3.63) is 0 Å². The van der Waals surface area contributed by atoms with Crippen LogP contribution in [0.2, 0.25) is 0 Å². The first-order valence-corrected chi connectivity index (χ1v) is 5.78. The van der Waals surface area contributed by atoms with E-state index in [0.29, 0.717) is 12.2 Å². The second kappa shape index (κ2) is 2.19. The molecule has 3 rings (SSSR count). The van der Waals surface area contributed by atoms with Gasteiger partial charge in [-0.2, -0.15) is 0 Å². The molecule has 1 aliphatic heterocycles. The third-order valence-corrected chi connectivity index (χ3v) is 5.17. The summed E-state index contributed by atoms with van der Waals surface area (Å²) in [5, 5.41) is 0. The normalized spacial score (nSPS) is 45.4. The van der Waals surface area contributed by atoms with Gasteiger partial charge in [-0.25, -0.2) is 0 Å². The van der Waals surface area contributed by atoms with E-state index in [9.17, 15) is 0 Å². The average Bonchev–Trinajstić information content (AvgIpc) is 2.52. The molecule has 0 aromatic heterocycles. The Kier molecular flexibility index (Phi) is 1.44. The second-order valence-electron chi connectivity index (χ2n) is 6.11. The highest BCUT2D eigenvalue weighted by atomic mass is 16.8. The fourth-order valence-corrected chi connectivity index (χ4v) is 3.41. The maximum atomic E-state index is 6.19. The van der Waals surface area contributed by atoms with Gasteiger partial charge in [-0.05, 0) is 19.3 Å². The van der Waals surface area contributed by atoms with Crippen molar-refractivity contribution in [3.63, 3.8) is 0 Å². The third-order valence-electron chi connectivity index (χ3n) is 5.17. The van der Waals surface area contributed by atoms with Crippen LogP contribution in [-0.2, 0) is 9.47 Å². The Morgan fingerprint density at radius 2 is 1.29 bits per heavy atom.